The van der Waals surface area contributed by atoms with E-state index in [4.69, 9.17) is 11.6 Å². The van der Waals surface area contributed by atoms with Gasteiger partial charge in [0, 0.05) is 35.4 Å². The average Bonchev–Trinajstić information content (AvgIpc) is 3.10. The summed E-state index contributed by atoms with van der Waals surface area (Å²) in [6.07, 6.45) is 4.05. The molecule has 0 radical (unpaired) electrons. The zero-order chi connectivity index (χ0) is 13.9. The van der Waals surface area contributed by atoms with Crippen LogP contribution in [-0.4, -0.2) is 28.6 Å². The van der Waals surface area contributed by atoms with E-state index in [0.717, 1.165) is 31.6 Å². The lowest BCUT2D eigenvalue weighted by Gasteiger charge is -2.10. The van der Waals surface area contributed by atoms with E-state index in [1.54, 1.807) is 4.90 Å². The van der Waals surface area contributed by atoms with Gasteiger partial charge >= 0.3 is 6.03 Å². The Morgan fingerprint density at radius 1 is 1.20 bits per heavy atom. The van der Waals surface area contributed by atoms with Crippen molar-refractivity contribution >= 4 is 29.0 Å². The molecule has 2 heterocycles. The number of rotatable bonds is 1. The minimum absolute atomic E-state index is 0.146. The van der Waals surface area contributed by atoms with Crippen molar-refractivity contribution in [2.45, 2.75) is 12.8 Å². The van der Waals surface area contributed by atoms with Crippen LogP contribution in [0, 0.1) is 0 Å². The van der Waals surface area contributed by atoms with Gasteiger partial charge in [0.1, 0.15) is 0 Å². The molecule has 0 bridgehead atoms. The number of aromatic nitrogens is 1. The van der Waals surface area contributed by atoms with E-state index in [0.29, 0.717) is 9.82 Å². The largest absolute Gasteiger partial charge is 0.346 e. The number of halogens is 1. The van der Waals surface area contributed by atoms with Gasteiger partial charge in [-0.2, -0.15) is 4.99 Å². The van der Waals surface area contributed by atoms with Crippen LogP contribution < -0.4 is 4.80 Å². The lowest BCUT2D eigenvalue weighted by atomic mass is 10.3. The second-order valence-electron chi connectivity index (χ2n) is 4.62. The van der Waals surface area contributed by atoms with Gasteiger partial charge < -0.3 is 4.90 Å². The number of amides is 2. The summed E-state index contributed by atoms with van der Waals surface area (Å²) >= 11 is 7.34. The Labute approximate surface area is 125 Å². The molecule has 20 heavy (non-hydrogen) atoms. The molecule has 1 aliphatic rings. The van der Waals surface area contributed by atoms with Crippen LogP contribution in [0.3, 0.4) is 0 Å². The van der Waals surface area contributed by atoms with E-state index in [-0.39, 0.29) is 6.03 Å². The predicted octanol–water partition coefficient (Wildman–Crippen LogP) is 3.31. The standard InChI is InChI=1S/C14H14ClN3OS/c15-11-3-5-12(6-4-11)18-9-10-20-14(18)16-13(19)17-7-1-2-8-17/h3-6,9-10H,1-2,7-8H2. The van der Waals surface area contributed by atoms with Crippen molar-refractivity contribution < 1.29 is 4.79 Å². The molecule has 0 unspecified atom stereocenters. The Bertz CT molecular complexity index is 668. The number of hydrogen-bond donors (Lipinski definition) is 0. The van der Waals surface area contributed by atoms with Crippen LogP contribution >= 0.6 is 22.9 Å². The van der Waals surface area contributed by atoms with Crippen LogP contribution in [0.1, 0.15) is 12.8 Å². The number of carbonyl (C=O) groups is 1. The fourth-order valence-electron chi connectivity index (χ4n) is 2.21. The van der Waals surface area contributed by atoms with Crippen LogP contribution in [0.5, 0.6) is 0 Å². The molecule has 1 aliphatic heterocycles. The molecule has 3 rings (SSSR count). The molecule has 2 amide bonds. The van der Waals surface area contributed by atoms with Crippen molar-refractivity contribution in [3.63, 3.8) is 0 Å². The van der Waals surface area contributed by atoms with Gasteiger partial charge in [0.05, 0.1) is 0 Å². The van der Waals surface area contributed by atoms with E-state index in [2.05, 4.69) is 4.99 Å². The van der Waals surface area contributed by atoms with Crippen molar-refractivity contribution in [3.05, 3.63) is 45.7 Å². The third-order valence-corrected chi connectivity index (χ3v) is 4.27. The van der Waals surface area contributed by atoms with Crippen LogP contribution in [0.15, 0.2) is 40.8 Å². The normalized spacial score (nSPS) is 15.8. The first kappa shape index (κ1) is 13.4. The van der Waals surface area contributed by atoms with E-state index >= 15 is 0 Å². The Morgan fingerprint density at radius 3 is 2.60 bits per heavy atom. The van der Waals surface area contributed by atoms with Crippen molar-refractivity contribution in [1.82, 2.24) is 9.47 Å². The van der Waals surface area contributed by atoms with Gasteiger partial charge in [-0.1, -0.05) is 11.6 Å². The number of hydrogen-bond acceptors (Lipinski definition) is 2. The molecule has 0 saturated carbocycles. The summed E-state index contributed by atoms with van der Waals surface area (Å²) in [5.41, 5.74) is 0.948. The molecule has 1 aromatic carbocycles. The Kier molecular flexibility index (Phi) is 3.89. The highest BCUT2D eigenvalue weighted by Crippen LogP contribution is 2.13. The second-order valence-corrected chi connectivity index (χ2v) is 5.93. The average molecular weight is 308 g/mol. The first-order valence-electron chi connectivity index (χ1n) is 6.50. The van der Waals surface area contributed by atoms with E-state index in [1.807, 2.05) is 40.4 Å². The van der Waals surface area contributed by atoms with Crippen molar-refractivity contribution in [1.29, 1.82) is 0 Å². The SMILES string of the molecule is O=C(N=c1sccn1-c1ccc(Cl)cc1)N1CCCC1. The van der Waals surface area contributed by atoms with Gasteiger partial charge in [-0.3, -0.25) is 4.57 Å². The van der Waals surface area contributed by atoms with Gasteiger partial charge in [0.25, 0.3) is 0 Å². The first-order chi connectivity index (χ1) is 9.74. The van der Waals surface area contributed by atoms with Crippen LogP contribution in [-0.2, 0) is 0 Å². The maximum atomic E-state index is 12.1. The number of likely N-dealkylation sites (tertiary alicyclic amines) is 1. The Morgan fingerprint density at radius 2 is 1.90 bits per heavy atom. The summed E-state index contributed by atoms with van der Waals surface area (Å²) in [5.74, 6) is 0. The van der Waals surface area contributed by atoms with Gasteiger partial charge in [-0.15, -0.1) is 11.3 Å². The molecule has 2 aromatic rings. The molecular weight excluding hydrogens is 294 g/mol. The van der Waals surface area contributed by atoms with Gasteiger partial charge in [0.2, 0.25) is 0 Å². The molecule has 6 heteroatoms. The van der Waals surface area contributed by atoms with Crippen LogP contribution in [0.25, 0.3) is 5.69 Å². The van der Waals surface area contributed by atoms with E-state index in [1.165, 1.54) is 11.3 Å². The highest BCUT2D eigenvalue weighted by Gasteiger charge is 2.17. The van der Waals surface area contributed by atoms with Crippen LogP contribution in [0.4, 0.5) is 4.79 Å². The number of carbonyl (C=O) groups excluding carboxylic acids is 1. The maximum Gasteiger partial charge on any atom is 0.346 e. The highest BCUT2D eigenvalue weighted by atomic mass is 35.5. The maximum absolute atomic E-state index is 12.1. The first-order valence-corrected chi connectivity index (χ1v) is 7.75. The van der Waals surface area contributed by atoms with E-state index in [9.17, 15) is 4.79 Å². The van der Waals surface area contributed by atoms with E-state index < -0.39 is 0 Å². The van der Waals surface area contributed by atoms with Crippen LogP contribution in [0.2, 0.25) is 5.02 Å². The fraction of sp³-hybridized carbons (Fsp3) is 0.286. The quantitative estimate of drug-likeness (QED) is 0.796. The predicted molar refractivity (Wildman–Crippen MR) is 80.4 cm³/mol. The summed E-state index contributed by atoms with van der Waals surface area (Å²) in [6.45, 7) is 1.63. The molecule has 0 spiro atoms. The Hall–Kier alpha value is -1.59. The second kappa shape index (κ2) is 5.81. The molecule has 0 N–H and O–H groups in total. The summed E-state index contributed by atoms with van der Waals surface area (Å²) in [7, 11) is 0. The zero-order valence-electron chi connectivity index (χ0n) is 10.8. The molecule has 0 atom stereocenters. The highest BCUT2D eigenvalue weighted by molar-refractivity contribution is 7.07. The zero-order valence-corrected chi connectivity index (χ0v) is 12.4. The van der Waals surface area contributed by atoms with Gasteiger partial charge in [0.15, 0.2) is 4.80 Å². The summed E-state index contributed by atoms with van der Waals surface area (Å²) in [5, 5.41) is 2.61. The lowest BCUT2D eigenvalue weighted by Crippen LogP contribution is -2.27. The minimum Gasteiger partial charge on any atom is -0.323 e. The number of urea groups is 1. The molecule has 1 aromatic heterocycles. The molecule has 1 saturated heterocycles. The van der Waals surface area contributed by atoms with Gasteiger partial charge in [-0.25, -0.2) is 4.79 Å². The number of nitrogens with zero attached hydrogens (tertiary/aromatic N) is 3. The number of benzene rings is 1. The molecule has 1 fully saturated rings. The molecular formula is C14H14ClN3OS. The molecule has 104 valence electrons. The van der Waals surface area contributed by atoms with Gasteiger partial charge in [-0.05, 0) is 37.1 Å². The smallest absolute Gasteiger partial charge is 0.323 e. The van der Waals surface area contributed by atoms with Crippen molar-refractivity contribution in [3.8, 4) is 5.69 Å². The third-order valence-electron chi connectivity index (χ3n) is 3.26. The monoisotopic (exact) mass is 307 g/mol. The molecule has 0 aliphatic carbocycles. The summed E-state index contributed by atoms with van der Waals surface area (Å²) in [4.78, 5) is 18.8. The van der Waals surface area contributed by atoms with Crippen molar-refractivity contribution in [2.75, 3.05) is 13.1 Å². The third kappa shape index (κ3) is 2.78. The summed E-state index contributed by atoms with van der Waals surface area (Å²) in [6, 6.07) is 7.33. The summed E-state index contributed by atoms with van der Waals surface area (Å²) < 4.78 is 1.90. The fourth-order valence-corrected chi connectivity index (χ4v) is 3.05. The topological polar surface area (TPSA) is 37.6 Å². The lowest BCUT2D eigenvalue weighted by molar-refractivity contribution is 0.218. The number of thiazole rings is 1. The van der Waals surface area contributed by atoms with Crippen molar-refractivity contribution in [2.24, 2.45) is 4.99 Å². The molecule has 4 nitrogen and oxygen atoms in total. The Balaban J connectivity index is 1.93. The minimum atomic E-state index is -0.146.